The van der Waals surface area contributed by atoms with Crippen LogP contribution in [0.4, 0.5) is 0 Å². The number of aryl methyl sites for hydroxylation is 2. The number of aromatic nitrogens is 3. The second-order valence-corrected chi connectivity index (χ2v) is 7.75. The molecule has 2 aromatic heterocycles. The van der Waals surface area contributed by atoms with Gasteiger partial charge in [-0.1, -0.05) is 25.7 Å². The zero-order valence-electron chi connectivity index (χ0n) is 15.3. The summed E-state index contributed by atoms with van der Waals surface area (Å²) in [4.78, 5) is 21.9. The summed E-state index contributed by atoms with van der Waals surface area (Å²) in [6.45, 7) is 7.08. The van der Waals surface area contributed by atoms with Crippen molar-refractivity contribution in [2.45, 2.75) is 40.2 Å². The molecule has 0 N–H and O–H groups in total. The summed E-state index contributed by atoms with van der Waals surface area (Å²) in [6, 6.07) is 9.55. The first-order valence-corrected chi connectivity index (χ1v) is 8.89. The minimum atomic E-state index is 0.0556. The maximum absolute atomic E-state index is 12.9. The van der Waals surface area contributed by atoms with Gasteiger partial charge in [-0.25, -0.2) is 4.98 Å². The van der Waals surface area contributed by atoms with Gasteiger partial charge in [0, 0.05) is 36.0 Å². The molecule has 4 rings (SSSR count). The largest absolute Gasteiger partial charge is 0.296 e. The molecule has 0 saturated carbocycles. The Bertz CT molecular complexity index is 1110. The van der Waals surface area contributed by atoms with Crippen molar-refractivity contribution >= 4 is 10.9 Å². The van der Waals surface area contributed by atoms with Gasteiger partial charge in [0.25, 0.3) is 5.56 Å². The number of hydrogen-bond donors (Lipinski definition) is 0. The summed E-state index contributed by atoms with van der Waals surface area (Å²) in [5.74, 6) is 7.15. The molecule has 0 bridgehead atoms. The van der Waals surface area contributed by atoms with Crippen LogP contribution >= 0.6 is 0 Å². The molecule has 4 heteroatoms. The maximum Gasteiger partial charge on any atom is 0.261 e. The number of rotatable bonds is 0. The third-order valence-electron chi connectivity index (χ3n) is 4.91. The zero-order chi connectivity index (χ0) is 18.3. The lowest BCUT2D eigenvalue weighted by molar-refractivity contribution is 0.240. The van der Waals surface area contributed by atoms with Gasteiger partial charge >= 0.3 is 0 Å². The highest BCUT2D eigenvalue weighted by Gasteiger charge is 2.27. The summed E-state index contributed by atoms with van der Waals surface area (Å²) in [6.07, 6.45) is 3.65. The molecule has 0 radical (unpaired) electrons. The van der Waals surface area contributed by atoms with E-state index >= 15 is 0 Å². The average molecular weight is 343 g/mol. The molecule has 3 heterocycles. The second-order valence-electron chi connectivity index (χ2n) is 7.75. The Hall–Kier alpha value is -2.93. The van der Waals surface area contributed by atoms with Crippen LogP contribution in [-0.4, -0.2) is 14.5 Å². The predicted octanol–water partition coefficient (Wildman–Crippen LogP) is 3.47. The van der Waals surface area contributed by atoms with E-state index in [0.717, 1.165) is 47.5 Å². The normalized spacial score (nSPS) is 15.2. The Morgan fingerprint density at radius 3 is 2.65 bits per heavy atom. The monoisotopic (exact) mass is 343 g/mol. The number of nitrogens with zero attached hydrogens (tertiary/aromatic N) is 3. The lowest BCUT2D eigenvalue weighted by Crippen LogP contribution is -2.36. The molecule has 130 valence electrons. The molecule has 26 heavy (non-hydrogen) atoms. The fraction of sp³-hybridized carbons (Fsp3) is 0.318. The van der Waals surface area contributed by atoms with Crippen LogP contribution in [0.25, 0.3) is 10.9 Å². The van der Waals surface area contributed by atoms with Crippen molar-refractivity contribution in [3.05, 3.63) is 69.5 Å². The molecule has 1 aromatic carbocycles. The first kappa shape index (κ1) is 16.5. The molecular formula is C22H21N3O. The molecule has 1 aliphatic heterocycles. The minimum Gasteiger partial charge on any atom is -0.296 e. The summed E-state index contributed by atoms with van der Waals surface area (Å²) >= 11 is 0. The van der Waals surface area contributed by atoms with E-state index in [1.54, 1.807) is 6.20 Å². The van der Waals surface area contributed by atoms with Crippen molar-refractivity contribution in [1.82, 2.24) is 14.5 Å². The molecule has 0 fully saturated rings. The van der Waals surface area contributed by atoms with E-state index in [1.165, 1.54) is 0 Å². The summed E-state index contributed by atoms with van der Waals surface area (Å²) in [7, 11) is 0. The van der Waals surface area contributed by atoms with E-state index in [0.29, 0.717) is 5.39 Å². The molecule has 0 saturated heterocycles. The van der Waals surface area contributed by atoms with E-state index in [-0.39, 0.29) is 11.0 Å². The second kappa shape index (κ2) is 6.10. The summed E-state index contributed by atoms with van der Waals surface area (Å²) in [5.41, 5.74) is 3.62. The number of hydrogen-bond acceptors (Lipinski definition) is 3. The van der Waals surface area contributed by atoms with Crippen LogP contribution in [0, 0.1) is 24.2 Å². The number of fused-ring (bicyclic) bond motifs is 2. The van der Waals surface area contributed by atoms with Crippen molar-refractivity contribution in [2.75, 3.05) is 0 Å². The highest BCUT2D eigenvalue weighted by atomic mass is 16.1. The Kier molecular flexibility index (Phi) is 3.88. The van der Waals surface area contributed by atoms with Crippen LogP contribution in [-0.2, 0) is 13.0 Å². The fourth-order valence-corrected chi connectivity index (χ4v) is 3.34. The molecule has 3 aromatic rings. The summed E-state index contributed by atoms with van der Waals surface area (Å²) in [5, 5.41) is 0.661. The van der Waals surface area contributed by atoms with Crippen molar-refractivity contribution in [3.63, 3.8) is 0 Å². The Morgan fingerprint density at radius 1 is 1.12 bits per heavy atom. The highest BCUT2D eigenvalue weighted by molar-refractivity contribution is 5.79. The van der Waals surface area contributed by atoms with E-state index in [1.807, 2.05) is 41.8 Å². The predicted molar refractivity (Wildman–Crippen MR) is 103 cm³/mol. The fourth-order valence-electron chi connectivity index (χ4n) is 3.34. The van der Waals surface area contributed by atoms with Gasteiger partial charge in [-0.15, -0.1) is 0 Å². The van der Waals surface area contributed by atoms with Gasteiger partial charge in [0.15, 0.2) is 0 Å². The van der Waals surface area contributed by atoms with Crippen molar-refractivity contribution in [2.24, 2.45) is 5.41 Å². The smallest absolute Gasteiger partial charge is 0.261 e. The molecule has 0 aliphatic carbocycles. The van der Waals surface area contributed by atoms with Crippen LogP contribution < -0.4 is 5.56 Å². The molecule has 4 nitrogen and oxygen atoms in total. The SMILES string of the molecule is Cc1ccc(C#Cc2ccc3c(=O)n4c(nc3c2)CCC(C)(C)C4)cn1. The number of benzene rings is 1. The van der Waals surface area contributed by atoms with E-state index in [4.69, 9.17) is 4.98 Å². The van der Waals surface area contributed by atoms with Crippen LogP contribution in [0.3, 0.4) is 0 Å². The van der Waals surface area contributed by atoms with E-state index in [9.17, 15) is 4.79 Å². The van der Waals surface area contributed by atoms with Gasteiger partial charge < -0.3 is 0 Å². The highest BCUT2D eigenvalue weighted by Crippen LogP contribution is 2.29. The van der Waals surface area contributed by atoms with Crippen LogP contribution in [0.2, 0.25) is 0 Å². The van der Waals surface area contributed by atoms with Crippen LogP contribution in [0.15, 0.2) is 41.3 Å². The third kappa shape index (κ3) is 3.13. The summed E-state index contributed by atoms with van der Waals surface area (Å²) < 4.78 is 1.84. The van der Waals surface area contributed by atoms with Gasteiger partial charge in [-0.05, 0) is 49.1 Å². The minimum absolute atomic E-state index is 0.0556. The lowest BCUT2D eigenvalue weighted by Gasteiger charge is -2.31. The van der Waals surface area contributed by atoms with Gasteiger partial charge in [0.2, 0.25) is 0 Å². The quantitative estimate of drug-likeness (QED) is 0.587. The van der Waals surface area contributed by atoms with Crippen LogP contribution in [0.1, 0.15) is 42.9 Å². The van der Waals surface area contributed by atoms with Gasteiger partial charge in [0.1, 0.15) is 5.82 Å². The molecule has 0 amide bonds. The van der Waals surface area contributed by atoms with Gasteiger partial charge in [0.05, 0.1) is 10.9 Å². The molecule has 0 unspecified atom stereocenters. The molecule has 1 aliphatic rings. The zero-order valence-corrected chi connectivity index (χ0v) is 15.3. The van der Waals surface area contributed by atoms with Crippen molar-refractivity contribution in [1.29, 1.82) is 0 Å². The van der Waals surface area contributed by atoms with Crippen molar-refractivity contribution in [3.8, 4) is 11.8 Å². The first-order valence-electron chi connectivity index (χ1n) is 8.89. The van der Waals surface area contributed by atoms with E-state index < -0.39 is 0 Å². The van der Waals surface area contributed by atoms with E-state index in [2.05, 4.69) is 30.7 Å². The average Bonchev–Trinajstić information content (AvgIpc) is 2.62. The van der Waals surface area contributed by atoms with Crippen LogP contribution in [0.5, 0.6) is 0 Å². The molecule has 0 spiro atoms. The molecule has 0 atom stereocenters. The lowest BCUT2D eigenvalue weighted by atomic mass is 9.85. The van der Waals surface area contributed by atoms with Crippen molar-refractivity contribution < 1.29 is 0 Å². The topological polar surface area (TPSA) is 47.8 Å². The Balaban J connectivity index is 1.75. The maximum atomic E-state index is 12.9. The third-order valence-corrected chi connectivity index (χ3v) is 4.91. The van der Waals surface area contributed by atoms with Gasteiger partial charge in [-0.2, -0.15) is 0 Å². The van der Waals surface area contributed by atoms with Gasteiger partial charge in [-0.3, -0.25) is 14.3 Å². The molecular weight excluding hydrogens is 322 g/mol. The Labute approximate surface area is 152 Å². The standard InChI is InChI=1S/C22H21N3O/c1-15-4-5-17(13-23-15)7-6-16-8-9-18-19(12-16)24-20-10-11-22(2,3)14-25(20)21(18)26/h4-5,8-9,12-13H,10-11,14H2,1-3H3. The number of pyridine rings is 1. The Morgan fingerprint density at radius 2 is 1.88 bits per heavy atom. The first-order chi connectivity index (χ1) is 12.4.